The molecule has 5 nitrogen and oxygen atoms in total. The summed E-state index contributed by atoms with van der Waals surface area (Å²) in [5.41, 5.74) is 1.15. The van der Waals surface area contributed by atoms with Crippen molar-refractivity contribution in [1.29, 1.82) is 5.26 Å². The molecule has 0 radical (unpaired) electrons. The molecule has 0 atom stereocenters. The first-order valence-corrected chi connectivity index (χ1v) is 2.98. The number of fused-ring (bicyclic) bond motifs is 1. The average molecular weight is 145 g/mol. The van der Waals surface area contributed by atoms with Crippen LogP contribution in [0.3, 0.4) is 0 Å². The van der Waals surface area contributed by atoms with E-state index >= 15 is 0 Å². The van der Waals surface area contributed by atoms with Gasteiger partial charge in [-0.15, -0.1) is 5.10 Å². The summed E-state index contributed by atoms with van der Waals surface area (Å²) < 4.78 is 1.50. The van der Waals surface area contributed by atoms with Gasteiger partial charge in [0.05, 0.1) is 11.6 Å². The van der Waals surface area contributed by atoms with Crippen molar-refractivity contribution < 1.29 is 0 Å². The van der Waals surface area contributed by atoms with Gasteiger partial charge in [-0.05, 0) is 16.5 Å². The van der Waals surface area contributed by atoms with Gasteiger partial charge in [0.25, 0.3) is 0 Å². The molecule has 0 bridgehead atoms. The zero-order valence-electron chi connectivity index (χ0n) is 5.47. The standard InChI is InChI=1S/C6H3N5/c7-4-5-1-2-11-6(3-5)8-9-10-11/h1-3H. The molecule has 0 amide bonds. The highest BCUT2D eigenvalue weighted by Gasteiger charge is 1.96. The Hall–Kier alpha value is -1.96. The molecular weight excluding hydrogens is 142 g/mol. The Balaban J connectivity index is 2.79. The van der Waals surface area contributed by atoms with Crippen LogP contribution in [0.4, 0.5) is 0 Å². The lowest BCUT2D eigenvalue weighted by Gasteiger charge is -1.87. The number of pyridine rings is 1. The summed E-state index contributed by atoms with van der Waals surface area (Å²) in [5.74, 6) is 0. The SMILES string of the molecule is N#Cc1ccn2nnnc2c1. The minimum Gasteiger partial charge on any atom is -0.201 e. The van der Waals surface area contributed by atoms with E-state index in [0.29, 0.717) is 11.2 Å². The van der Waals surface area contributed by atoms with Gasteiger partial charge < -0.3 is 0 Å². The van der Waals surface area contributed by atoms with Crippen LogP contribution >= 0.6 is 0 Å². The van der Waals surface area contributed by atoms with Crippen LogP contribution in [0.2, 0.25) is 0 Å². The lowest BCUT2D eigenvalue weighted by atomic mass is 10.3. The molecule has 0 aromatic carbocycles. The largest absolute Gasteiger partial charge is 0.201 e. The van der Waals surface area contributed by atoms with Crippen molar-refractivity contribution in [2.24, 2.45) is 0 Å². The Bertz CT molecular complexity index is 424. The second kappa shape index (κ2) is 2.02. The fourth-order valence-corrected chi connectivity index (χ4v) is 0.809. The van der Waals surface area contributed by atoms with Gasteiger partial charge in [0.15, 0.2) is 5.65 Å². The Morgan fingerprint density at radius 1 is 1.55 bits per heavy atom. The molecule has 0 saturated carbocycles. The highest BCUT2D eigenvalue weighted by Crippen LogP contribution is 1.99. The summed E-state index contributed by atoms with van der Waals surface area (Å²) in [5, 5.41) is 19.3. The second-order valence-corrected chi connectivity index (χ2v) is 2.01. The van der Waals surface area contributed by atoms with E-state index in [-0.39, 0.29) is 0 Å². The van der Waals surface area contributed by atoms with E-state index in [0.717, 1.165) is 0 Å². The van der Waals surface area contributed by atoms with Crippen LogP contribution in [0.1, 0.15) is 5.56 Å². The van der Waals surface area contributed by atoms with E-state index < -0.39 is 0 Å². The molecule has 5 heteroatoms. The first kappa shape index (κ1) is 5.80. The third-order valence-corrected chi connectivity index (χ3v) is 1.33. The molecule has 11 heavy (non-hydrogen) atoms. The van der Waals surface area contributed by atoms with E-state index in [1.165, 1.54) is 4.52 Å². The van der Waals surface area contributed by atoms with Crippen molar-refractivity contribution in [3.8, 4) is 6.07 Å². The number of nitriles is 1. The van der Waals surface area contributed by atoms with Gasteiger partial charge >= 0.3 is 0 Å². The van der Waals surface area contributed by atoms with Crippen molar-refractivity contribution in [1.82, 2.24) is 20.0 Å². The Labute approximate surface area is 61.9 Å². The molecule has 2 rings (SSSR count). The molecule has 0 aliphatic rings. The van der Waals surface area contributed by atoms with Crippen molar-refractivity contribution in [3.63, 3.8) is 0 Å². The van der Waals surface area contributed by atoms with Gasteiger partial charge in [-0.25, -0.2) is 4.52 Å². The molecule has 2 aromatic heterocycles. The molecule has 2 heterocycles. The van der Waals surface area contributed by atoms with Crippen LogP contribution in [-0.2, 0) is 0 Å². The van der Waals surface area contributed by atoms with Gasteiger partial charge in [-0.3, -0.25) is 0 Å². The molecular formula is C6H3N5. The van der Waals surface area contributed by atoms with Crippen LogP contribution < -0.4 is 0 Å². The van der Waals surface area contributed by atoms with Crippen LogP contribution in [0.25, 0.3) is 5.65 Å². The highest BCUT2D eigenvalue weighted by molar-refractivity contribution is 5.43. The number of nitrogens with zero attached hydrogens (tertiary/aromatic N) is 5. The summed E-state index contributed by atoms with van der Waals surface area (Å²) in [6.07, 6.45) is 1.65. The van der Waals surface area contributed by atoms with E-state index in [1.807, 2.05) is 6.07 Å². The first-order chi connectivity index (χ1) is 5.40. The van der Waals surface area contributed by atoms with E-state index in [4.69, 9.17) is 5.26 Å². The minimum atomic E-state index is 0.562. The Morgan fingerprint density at radius 2 is 2.45 bits per heavy atom. The number of rotatable bonds is 0. The maximum atomic E-state index is 8.51. The second-order valence-electron chi connectivity index (χ2n) is 2.01. The number of tetrazole rings is 1. The quantitative estimate of drug-likeness (QED) is 0.523. The van der Waals surface area contributed by atoms with Gasteiger partial charge in [0.1, 0.15) is 0 Å². The van der Waals surface area contributed by atoms with Gasteiger partial charge in [0.2, 0.25) is 0 Å². The van der Waals surface area contributed by atoms with Gasteiger partial charge in [-0.1, -0.05) is 0 Å². The summed E-state index contributed by atoms with van der Waals surface area (Å²) in [7, 11) is 0. The fraction of sp³-hybridized carbons (Fsp3) is 0. The lowest BCUT2D eigenvalue weighted by Crippen LogP contribution is -1.86. The predicted molar refractivity (Wildman–Crippen MR) is 35.5 cm³/mol. The van der Waals surface area contributed by atoms with Crippen LogP contribution in [-0.4, -0.2) is 20.0 Å². The third-order valence-electron chi connectivity index (χ3n) is 1.33. The molecule has 0 aliphatic heterocycles. The molecule has 0 N–H and O–H groups in total. The minimum absolute atomic E-state index is 0.562. The van der Waals surface area contributed by atoms with Crippen molar-refractivity contribution in [2.45, 2.75) is 0 Å². The van der Waals surface area contributed by atoms with Crippen LogP contribution in [0.15, 0.2) is 18.3 Å². The van der Waals surface area contributed by atoms with Crippen molar-refractivity contribution >= 4 is 5.65 Å². The summed E-state index contributed by atoms with van der Waals surface area (Å²) in [6, 6.07) is 5.28. The van der Waals surface area contributed by atoms with Gasteiger partial charge in [-0.2, -0.15) is 5.26 Å². The smallest absolute Gasteiger partial charge is 0.180 e. The normalized spacial score (nSPS) is 9.73. The van der Waals surface area contributed by atoms with Gasteiger partial charge in [0, 0.05) is 12.3 Å². The van der Waals surface area contributed by atoms with Crippen LogP contribution in [0, 0.1) is 11.3 Å². The zero-order chi connectivity index (χ0) is 7.68. The fourth-order valence-electron chi connectivity index (χ4n) is 0.809. The maximum Gasteiger partial charge on any atom is 0.180 e. The van der Waals surface area contributed by atoms with Crippen molar-refractivity contribution in [2.75, 3.05) is 0 Å². The number of hydrogen-bond donors (Lipinski definition) is 0. The monoisotopic (exact) mass is 145 g/mol. The summed E-state index contributed by atoms with van der Waals surface area (Å²) in [6.45, 7) is 0. The lowest BCUT2D eigenvalue weighted by molar-refractivity contribution is 0.823. The topological polar surface area (TPSA) is 66.9 Å². The summed E-state index contributed by atoms with van der Waals surface area (Å²) >= 11 is 0. The summed E-state index contributed by atoms with van der Waals surface area (Å²) in [4.78, 5) is 0. The molecule has 52 valence electrons. The van der Waals surface area contributed by atoms with Crippen molar-refractivity contribution in [3.05, 3.63) is 23.9 Å². The molecule has 0 spiro atoms. The molecule has 2 aromatic rings. The number of aromatic nitrogens is 4. The van der Waals surface area contributed by atoms with E-state index in [1.54, 1.807) is 18.3 Å². The average Bonchev–Trinajstić information content (AvgIpc) is 2.50. The third kappa shape index (κ3) is 0.809. The van der Waals surface area contributed by atoms with Crippen LogP contribution in [0.5, 0.6) is 0 Å². The van der Waals surface area contributed by atoms with E-state index in [2.05, 4.69) is 15.5 Å². The highest BCUT2D eigenvalue weighted by atomic mass is 15.5. The number of hydrogen-bond acceptors (Lipinski definition) is 4. The zero-order valence-corrected chi connectivity index (χ0v) is 5.47. The molecule has 0 fully saturated rings. The Morgan fingerprint density at radius 3 is 3.27 bits per heavy atom. The molecule has 0 saturated heterocycles. The molecule has 0 aliphatic carbocycles. The maximum absolute atomic E-state index is 8.51. The predicted octanol–water partition coefficient (Wildman–Crippen LogP) is -0.00402. The van der Waals surface area contributed by atoms with E-state index in [9.17, 15) is 0 Å². The Kier molecular flexibility index (Phi) is 1.07. The first-order valence-electron chi connectivity index (χ1n) is 2.98. The molecule has 0 unspecified atom stereocenters.